The average molecular weight is 323 g/mol. The molecule has 0 amide bonds. The number of imidazole rings is 1. The number of thioether (sulfide) groups is 1. The van der Waals surface area contributed by atoms with Gasteiger partial charge in [-0.1, -0.05) is 0 Å². The van der Waals surface area contributed by atoms with Crippen molar-refractivity contribution in [2.24, 2.45) is 0 Å². The maximum absolute atomic E-state index is 7.44. The van der Waals surface area contributed by atoms with Crippen molar-refractivity contribution in [1.29, 1.82) is 0 Å². The first-order chi connectivity index (χ1) is 11.3. The third kappa shape index (κ3) is 2.89. The lowest BCUT2D eigenvalue weighted by molar-refractivity contribution is 0.415. The highest BCUT2D eigenvalue weighted by atomic mass is 32.2. The molecule has 0 aliphatic carbocycles. The molecule has 0 aliphatic heterocycles. The van der Waals surface area contributed by atoms with E-state index in [2.05, 4.69) is 19.8 Å². The van der Waals surface area contributed by atoms with Crippen LogP contribution in [0.4, 0.5) is 5.69 Å². The molecule has 0 aliphatic rings. The molecule has 0 atom stereocenters. The summed E-state index contributed by atoms with van der Waals surface area (Å²) in [4.78, 5) is 16.7. The molecular formula is C16H13N5OS. The number of nitrogens with zero attached hydrogens (tertiary/aromatic N) is 5. The van der Waals surface area contributed by atoms with Crippen LogP contribution in [0.5, 0.6) is 5.75 Å². The lowest BCUT2D eigenvalue weighted by Gasteiger charge is -2.10. The SMILES string of the molecule is [C-]#[N+]c1c(SC)nc(-c2ccc(OC)cc2)nc1-n1ccnc1. The topological polar surface area (TPSA) is 57.2 Å². The molecule has 0 saturated heterocycles. The van der Waals surface area contributed by atoms with Gasteiger partial charge in [-0.05, 0) is 30.5 Å². The van der Waals surface area contributed by atoms with Gasteiger partial charge in [0.2, 0.25) is 0 Å². The van der Waals surface area contributed by atoms with E-state index in [1.165, 1.54) is 11.8 Å². The zero-order valence-corrected chi connectivity index (χ0v) is 13.4. The largest absolute Gasteiger partial charge is 0.497 e. The van der Waals surface area contributed by atoms with Gasteiger partial charge in [0, 0.05) is 18.0 Å². The Kier molecular flexibility index (Phi) is 4.26. The number of methoxy groups -OCH3 is 1. The van der Waals surface area contributed by atoms with Gasteiger partial charge < -0.3 is 4.74 Å². The van der Waals surface area contributed by atoms with Crippen LogP contribution in [0.2, 0.25) is 0 Å². The van der Waals surface area contributed by atoms with Crippen molar-refractivity contribution >= 4 is 17.4 Å². The Balaban J connectivity index is 2.18. The Labute approximate surface area is 138 Å². The van der Waals surface area contributed by atoms with Crippen LogP contribution in [-0.2, 0) is 0 Å². The van der Waals surface area contributed by atoms with E-state index in [0.717, 1.165) is 11.3 Å². The Morgan fingerprint density at radius 1 is 1.22 bits per heavy atom. The van der Waals surface area contributed by atoms with Gasteiger partial charge in [0.15, 0.2) is 5.82 Å². The highest BCUT2D eigenvalue weighted by molar-refractivity contribution is 7.98. The molecule has 6 nitrogen and oxygen atoms in total. The zero-order chi connectivity index (χ0) is 16.2. The van der Waals surface area contributed by atoms with Crippen LogP contribution < -0.4 is 4.74 Å². The molecule has 114 valence electrons. The molecule has 0 unspecified atom stereocenters. The summed E-state index contributed by atoms with van der Waals surface area (Å²) < 4.78 is 6.90. The lowest BCUT2D eigenvalue weighted by Crippen LogP contribution is -2.01. The molecule has 0 saturated carbocycles. The zero-order valence-electron chi connectivity index (χ0n) is 12.6. The molecule has 7 heteroatoms. The maximum Gasteiger partial charge on any atom is 0.260 e. The minimum absolute atomic E-state index is 0.424. The lowest BCUT2D eigenvalue weighted by atomic mass is 10.2. The van der Waals surface area contributed by atoms with Crippen molar-refractivity contribution < 1.29 is 4.74 Å². The summed E-state index contributed by atoms with van der Waals surface area (Å²) in [6.45, 7) is 7.44. The van der Waals surface area contributed by atoms with Gasteiger partial charge in [-0.25, -0.2) is 19.8 Å². The molecule has 0 radical (unpaired) electrons. The number of ether oxygens (including phenoxy) is 1. The van der Waals surface area contributed by atoms with Gasteiger partial charge in [0.25, 0.3) is 5.69 Å². The Bertz CT molecular complexity index is 853. The first-order valence-electron chi connectivity index (χ1n) is 6.73. The van der Waals surface area contributed by atoms with Crippen LogP contribution in [0.15, 0.2) is 48.0 Å². The molecule has 0 spiro atoms. The molecule has 0 N–H and O–H groups in total. The second kappa shape index (κ2) is 6.50. The highest BCUT2D eigenvalue weighted by Crippen LogP contribution is 2.33. The number of benzene rings is 1. The fourth-order valence-corrected chi connectivity index (χ4v) is 2.60. The van der Waals surface area contributed by atoms with Crippen LogP contribution in [0.1, 0.15) is 0 Å². The summed E-state index contributed by atoms with van der Waals surface area (Å²) in [5, 5.41) is 0.643. The normalized spacial score (nSPS) is 10.3. The van der Waals surface area contributed by atoms with Crippen molar-refractivity contribution in [3.05, 3.63) is 54.4 Å². The van der Waals surface area contributed by atoms with Crippen molar-refractivity contribution in [3.8, 4) is 23.0 Å². The van der Waals surface area contributed by atoms with Crippen LogP contribution in [0.3, 0.4) is 0 Å². The third-order valence-corrected chi connectivity index (χ3v) is 3.91. The quantitative estimate of drug-likeness (QED) is 0.417. The minimum Gasteiger partial charge on any atom is -0.497 e. The summed E-state index contributed by atoms with van der Waals surface area (Å²) >= 11 is 1.42. The van der Waals surface area contributed by atoms with Crippen molar-refractivity contribution in [3.63, 3.8) is 0 Å². The Hall–Kier alpha value is -2.85. The number of hydrogen-bond acceptors (Lipinski definition) is 5. The molecule has 2 heterocycles. The van der Waals surface area contributed by atoms with E-state index in [-0.39, 0.29) is 0 Å². The van der Waals surface area contributed by atoms with Gasteiger partial charge in [-0.3, -0.25) is 4.57 Å². The molecule has 0 bridgehead atoms. The molecule has 2 aromatic heterocycles. The highest BCUT2D eigenvalue weighted by Gasteiger charge is 2.16. The summed E-state index contributed by atoms with van der Waals surface area (Å²) in [7, 11) is 1.62. The molecule has 23 heavy (non-hydrogen) atoms. The van der Waals surface area contributed by atoms with Crippen molar-refractivity contribution in [1.82, 2.24) is 19.5 Å². The molecule has 3 aromatic rings. The number of hydrogen-bond donors (Lipinski definition) is 0. The average Bonchev–Trinajstić information content (AvgIpc) is 3.15. The van der Waals surface area contributed by atoms with Crippen LogP contribution >= 0.6 is 11.8 Å². The van der Waals surface area contributed by atoms with Crippen LogP contribution in [0.25, 0.3) is 22.1 Å². The van der Waals surface area contributed by atoms with E-state index < -0.39 is 0 Å². The standard InChI is InChI=1S/C16H13N5OS/c1-17-13-15(21-9-8-18-10-21)19-14(20-16(13)23-3)11-4-6-12(22-2)7-5-11/h4-10H,2-3H3. The first kappa shape index (κ1) is 15.1. The van der Waals surface area contributed by atoms with E-state index in [9.17, 15) is 0 Å². The molecule has 1 aromatic carbocycles. The van der Waals surface area contributed by atoms with Crippen LogP contribution in [0, 0.1) is 6.57 Å². The summed E-state index contributed by atoms with van der Waals surface area (Å²) in [5.74, 6) is 1.86. The van der Waals surface area contributed by atoms with E-state index >= 15 is 0 Å². The number of aromatic nitrogens is 4. The van der Waals surface area contributed by atoms with Crippen molar-refractivity contribution in [2.75, 3.05) is 13.4 Å². The van der Waals surface area contributed by atoms with E-state index in [1.807, 2.05) is 30.5 Å². The second-order valence-corrected chi connectivity index (χ2v) is 5.33. The smallest absolute Gasteiger partial charge is 0.260 e. The van der Waals surface area contributed by atoms with Gasteiger partial charge in [-0.15, -0.1) is 11.8 Å². The Morgan fingerprint density at radius 2 is 2.00 bits per heavy atom. The summed E-state index contributed by atoms with van der Waals surface area (Å²) in [6, 6.07) is 7.51. The van der Waals surface area contributed by atoms with Crippen LogP contribution in [-0.4, -0.2) is 32.9 Å². The summed E-state index contributed by atoms with van der Waals surface area (Å²) in [5.41, 5.74) is 1.28. The minimum atomic E-state index is 0.424. The molecule has 3 rings (SSSR count). The van der Waals surface area contributed by atoms with Crippen molar-refractivity contribution in [2.45, 2.75) is 5.03 Å². The molecule has 0 fully saturated rings. The third-order valence-electron chi connectivity index (χ3n) is 3.24. The first-order valence-corrected chi connectivity index (χ1v) is 7.95. The van der Waals surface area contributed by atoms with Gasteiger partial charge in [0.05, 0.1) is 20.0 Å². The van der Waals surface area contributed by atoms with E-state index in [4.69, 9.17) is 11.3 Å². The monoisotopic (exact) mass is 323 g/mol. The van der Waals surface area contributed by atoms with E-state index in [1.54, 1.807) is 30.4 Å². The molecular weight excluding hydrogens is 310 g/mol. The number of rotatable bonds is 4. The fourth-order valence-electron chi connectivity index (χ4n) is 2.10. The van der Waals surface area contributed by atoms with Gasteiger partial charge in [-0.2, -0.15) is 0 Å². The second-order valence-electron chi connectivity index (χ2n) is 4.54. The van der Waals surface area contributed by atoms with Gasteiger partial charge in [0.1, 0.15) is 16.6 Å². The Morgan fingerprint density at radius 3 is 2.57 bits per heavy atom. The fraction of sp³-hybridized carbons (Fsp3) is 0.125. The van der Waals surface area contributed by atoms with E-state index in [0.29, 0.717) is 22.4 Å². The van der Waals surface area contributed by atoms with Gasteiger partial charge >= 0.3 is 0 Å². The maximum atomic E-state index is 7.44. The predicted octanol–water partition coefficient (Wildman–Crippen LogP) is 3.61. The predicted molar refractivity (Wildman–Crippen MR) is 89.2 cm³/mol. The summed E-state index contributed by atoms with van der Waals surface area (Å²) in [6.07, 6.45) is 6.94.